The van der Waals surface area contributed by atoms with Gasteiger partial charge < -0.3 is 5.32 Å². The second kappa shape index (κ2) is 9.11. The van der Waals surface area contributed by atoms with Crippen LogP contribution in [-0.4, -0.2) is 20.0 Å². The molecule has 0 unspecified atom stereocenters. The van der Waals surface area contributed by atoms with Gasteiger partial charge in [0.1, 0.15) is 0 Å². The van der Waals surface area contributed by atoms with Crippen molar-refractivity contribution in [3.8, 4) is 0 Å². The van der Waals surface area contributed by atoms with Crippen molar-refractivity contribution in [1.29, 1.82) is 0 Å². The zero-order chi connectivity index (χ0) is 21.7. The van der Waals surface area contributed by atoms with Gasteiger partial charge in [-0.2, -0.15) is 18.4 Å². The smallest absolute Gasteiger partial charge is 0.276 e. The third kappa shape index (κ3) is 5.25. The number of carbonyl (C=O) groups is 1. The number of carbonyl (C=O) groups excluding carboxylic acids is 1. The van der Waals surface area contributed by atoms with Crippen molar-refractivity contribution in [3.63, 3.8) is 0 Å². The maximum Gasteiger partial charge on any atom is 0.276 e. The average Bonchev–Trinajstić information content (AvgIpc) is 2.73. The monoisotopic (exact) mass is 441 g/mol. The molecule has 0 aliphatic carbocycles. The molecule has 0 aliphatic heterocycles. The van der Waals surface area contributed by atoms with Gasteiger partial charge in [0.15, 0.2) is 0 Å². The summed E-state index contributed by atoms with van der Waals surface area (Å²) >= 11 is 6.04. The number of amides is 1. The number of nitrogens with zero attached hydrogens (tertiary/aromatic N) is 1. The lowest BCUT2D eigenvalue weighted by molar-refractivity contribution is 0.102. The van der Waals surface area contributed by atoms with Crippen LogP contribution in [0.2, 0.25) is 5.02 Å². The fourth-order valence-corrected chi connectivity index (χ4v) is 3.68. The lowest BCUT2D eigenvalue weighted by Crippen LogP contribution is -2.20. The summed E-state index contributed by atoms with van der Waals surface area (Å²) in [5.74, 6) is -0.315. The summed E-state index contributed by atoms with van der Waals surface area (Å²) in [5.41, 5.74) is 3.12. The summed E-state index contributed by atoms with van der Waals surface area (Å²) in [5, 5.41) is 7.13. The Morgan fingerprint density at radius 1 is 0.933 bits per heavy atom. The van der Waals surface area contributed by atoms with Crippen LogP contribution >= 0.6 is 11.6 Å². The zero-order valence-electron chi connectivity index (χ0n) is 16.4. The number of benzene rings is 3. The molecule has 0 heterocycles. The van der Waals surface area contributed by atoms with Crippen LogP contribution in [-0.2, 0) is 10.0 Å². The Kier molecular flexibility index (Phi) is 6.54. The molecule has 0 aromatic heterocycles. The summed E-state index contributed by atoms with van der Waals surface area (Å²) in [7, 11) is -3.75. The van der Waals surface area contributed by atoms with Crippen LogP contribution in [0.4, 0.5) is 5.69 Å². The van der Waals surface area contributed by atoms with E-state index >= 15 is 0 Å². The summed E-state index contributed by atoms with van der Waals surface area (Å²) in [4.78, 5) is 14.7. The minimum absolute atomic E-state index is 0.141. The highest BCUT2D eigenvalue weighted by atomic mass is 35.5. The highest BCUT2D eigenvalue weighted by Crippen LogP contribution is 2.18. The molecule has 0 bridgehead atoms. The second-order valence-electron chi connectivity index (χ2n) is 6.62. The number of sulfonamides is 1. The lowest BCUT2D eigenvalue weighted by Gasteiger charge is -2.08. The minimum atomic E-state index is -3.75. The highest BCUT2D eigenvalue weighted by Gasteiger charge is 2.13. The molecule has 0 atom stereocenters. The number of rotatable bonds is 6. The molecule has 0 aliphatic rings. The Morgan fingerprint density at radius 3 is 2.20 bits per heavy atom. The van der Waals surface area contributed by atoms with E-state index in [2.05, 4.69) is 15.2 Å². The molecule has 3 rings (SSSR count). The van der Waals surface area contributed by atoms with Gasteiger partial charge in [-0.3, -0.25) is 4.79 Å². The van der Waals surface area contributed by atoms with Crippen molar-refractivity contribution in [2.45, 2.75) is 18.7 Å². The Balaban J connectivity index is 1.68. The first-order chi connectivity index (χ1) is 14.3. The van der Waals surface area contributed by atoms with Crippen molar-refractivity contribution in [1.82, 2.24) is 4.83 Å². The van der Waals surface area contributed by atoms with Crippen LogP contribution in [0.25, 0.3) is 0 Å². The van der Waals surface area contributed by atoms with Gasteiger partial charge in [0.2, 0.25) is 0 Å². The normalized spacial score (nSPS) is 11.8. The zero-order valence-corrected chi connectivity index (χ0v) is 18.0. The van der Waals surface area contributed by atoms with Crippen molar-refractivity contribution in [2.24, 2.45) is 5.10 Å². The molecule has 0 fully saturated rings. The van der Waals surface area contributed by atoms with Crippen LogP contribution in [0.15, 0.2) is 82.8 Å². The third-order valence-electron chi connectivity index (χ3n) is 4.34. The van der Waals surface area contributed by atoms with E-state index in [1.807, 2.05) is 6.92 Å². The van der Waals surface area contributed by atoms with Gasteiger partial charge in [-0.15, -0.1) is 0 Å². The number of hydrogen-bond donors (Lipinski definition) is 2. The molecule has 30 heavy (non-hydrogen) atoms. The van der Waals surface area contributed by atoms with E-state index < -0.39 is 10.0 Å². The van der Waals surface area contributed by atoms with Gasteiger partial charge in [-0.05, 0) is 55.8 Å². The molecule has 0 saturated heterocycles. The summed E-state index contributed by atoms with van der Waals surface area (Å²) in [6.07, 6.45) is 0. The van der Waals surface area contributed by atoms with Gasteiger partial charge in [-0.25, -0.2) is 0 Å². The van der Waals surface area contributed by atoms with Crippen LogP contribution in [0.3, 0.4) is 0 Å². The predicted molar refractivity (Wildman–Crippen MR) is 120 cm³/mol. The molecule has 154 valence electrons. The summed E-state index contributed by atoms with van der Waals surface area (Å²) < 4.78 is 24.7. The SMILES string of the molecule is CC(=NNS(=O)(=O)c1ccc(C)cc1)c1ccc(NC(=O)c2ccccc2Cl)cc1. The number of nitrogens with one attached hydrogen (secondary N) is 2. The van der Waals surface area contributed by atoms with E-state index in [9.17, 15) is 13.2 Å². The molecule has 6 nitrogen and oxygen atoms in total. The molecule has 3 aromatic rings. The Morgan fingerprint density at radius 2 is 1.57 bits per heavy atom. The highest BCUT2D eigenvalue weighted by molar-refractivity contribution is 7.89. The minimum Gasteiger partial charge on any atom is -0.322 e. The maximum absolute atomic E-state index is 12.3. The lowest BCUT2D eigenvalue weighted by atomic mass is 10.1. The van der Waals surface area contributed by atoms with Crippen LogP contribution in [0, 0.1) is 6.92 Å². The van der Waals surface area contributed by atoms with Crippen LogP contribution in [0.1, 0.15) is 28.4 Å². The molecule has 0 spiro atoms. The van der Waals surface area contributed by atoms with E-state index in [4.69, 9.17) is 11.6 Å². The average molecular weight is 442 g/mol. The number of hydrogen-bond acceptors (Lipinski definition) is 4. The largest absolute Gasteiger partial charge is 0.322 e. The fourth-order valence-electron chi connectivity index (χ4n) is 2.60. The maximum atomic E-state index is 12.3. The van der Waals surface area contributed by atoms with Gasteiger partial charge in [0.25, 0.3) is 15.9 Å². The Hall–Kier alpha value is -3.16. The standard InChI is InChI=1S/C22H20ClN3O3S/c1-15-7-13-19(14-8-15)30(28,29)26-25-16(2)17-9-11-18(12-10-17)24-22(27)20-5-3-4-6-21(20)23/h3-14,26H,1-2H3,(H,24,27). The van der Waals surface area contributed by atoms with Crippen molar-refractivity contribution in [3.05, 3.63) is 94.5 Å². The first kappa shape index (κ1) is 21.5. The third-order valence-corrected chi connectivity index (χ3v) is 5.90. The Bertz CT molecular complexity index is 1190. The summed E-state index contributed by atoms with van der Waals surface area (Å²) in [6, 6.07) is 20.2. The molecule has 8 heteroatoms. The van der Waals surface area contributed by atoms with E-state index in [1.165, 1.54) is 12.1 Å². The molecule has 0 radical (unpaired) electrons. The number of hydrazone groups is 1. The first-order valence-electron chi connectivity index (χ1n) is 9.05. The number of halogens is 1. The molecule has 0 saturated carbocycles. The van der Waals surface area contributed by atoms with Crippen molar-refractivity contribution >= 4 is 38.9 Å². The van der Waals surface area contributed by atoms with E-state index in [1.54, 1.807) is 67.6 Å². The van der Waals surface area contributed by atoms with Crippen molar-refractivity contribution in [2.75, 3.05) is 5.32 Å². The first-order valence-corrected chi connectivity index (χ1v) is 10.9. The molecule has 3 aromatic carbocycles. The Labute approximate surface area is 180 Å². The van der Waals surface area contributed by atoms with Gasteiger partial charge in [0.05, 0.1) is 21.2 Å². The molecule has 1 amide bonds. The van der Waals surface area contributed by atoms with Gasteiger partial charge in [-0.1, -0.05) is 53.6 Å². The number of aryl methyl sites for hydroxylation is 1. The van der Waals surface area contributed by atoms with E-state index in [-0.39, 0.29) is 10.8 Å². The van der Waals surface area contributed by atoms with E-state index in [0.29, 0.717) is 27.5 Å². The van der Waals surface area contributed by atoms with Crippen LogP contribution < -0.4 is 10.1 Å². The molecular formula is C22H20ClN3O3S. The van der Waals surface area contributed by atoms with Crippen molar-refractivity contribution < 1.29 is 13.2 Å². The van der Waals surface area contributed by atoms with Gasteiger partial charge >= 0.3 is 0 Å². The second-order valence-corrected chi connectivity index (χ2v) is 8.68. The fraction of sp³-hybridized carbons (Fsp3) is 0.0909. The quantitative estimate of drug-likeness (QED) is 0.432. The molecule has 2 N–H and O–H groups in total. The van der Waals surface area contributed by atoms with Crippen LogP contribution in [0.5, 0.6) is 0 Å². The predicted octanol–water partition coefficient (Wildman–Crippen LogP) is 4.60. The number of anilines is 1. The molecular weight excluding hydrogens is 422 g/mol. The van der Waals surface area contributed by atoms with Gasteiger partial charge in [0, 0.05) is 5.69 Å². The summed E-state index contributed by atoms with van der Waals surface area (Å²) in [6.45, 7) is 3.57. The topological polar surface area (TPSA) is 87.6 Å². The van der Waals surface area contributed by atoms with E-state index in [0.717, 1.165) is 5.56 Å².